The summed E-state index contributed by atoms with van der Waals surface area (Å²) in [6, 6.07) is 2.40. The number of rotatable bonds is 3. The zero-order valence-corrected chi connectivity index (χ0v) is 14.6. The summed E-state index contributed by atoms with van der Waals surface area (Å²) < 4.78 is 5.21. The largest absolute Gasteiger partial charge is 0.379 e. The zero-order chi connectivity index (χ0) is 15.2. The molecular formula is C17H35N3O. The molecule has 0 unspecified atom stereocenters. The van der Waals surface area contributed by atoms with Crippen molar-refractivity contribution in [3.05, 3.63) is 0 Å². The fraction of sp³-hybridized carbons (Fsp3) is 1.00. The highest BCUT2D eigenvalue weighted by atomic mass is 16.5. The number of morpholine rings is 1. The lowest BCUT2D eigenvalue weighted by molar-refractivity contribution is 0.0238. The van der Waals surface area contributed by atoms with Crippen LogP contribution in [0, 0.1) is 0 Å². The van der Waals surface area contributed by atoms with Crippen molar-refractivity contribution in [1.29, 1.82) is 0 Å². The van der Waals surface area contributed by atoms with E-state index in [1.165, 1.54) is 39.0 Å². The van der Waals surface area contributed by atoms with Crippen LogP contribution in [0.1, 0.15) is 40.5 Å². The highest BCUT2D eigenvalue weighted by Crippen LogP contribution is 2.27. The van der Waals surface area contributed by atoms with Gasteiger partial charge in [0.15, 0.2) is 0 Å². The van der Waals surface area contributed by atoms with Gasteiger partial charge in [-0.25, -0.2) is 0 Å². The Morgan fingerprint density at radius 3 is 1.57 bits per heavy atom. The molecule has 0 spiro atoms. The monoisotopic (exact) mass is 297 g/mol. The molecule has 4 heteroatoms. The molecule has 0 bridgehead atoms. The first-order valence-corrected chi connectivity index (χ1v) is 8.88. The van der Waals surface area contributed by atoms with Crippen LogP contribution in [0.5, 0.6) is 0 Å². The smallest absolute Gasteiger partial charge is 0.0594 e. The molecule has 0 amide bonds. The molecule has 3 aliphatic rings. The molecule has 21 heavy (non-hydrogen) atoms. The van der Waals surface area contributed by atoms with Crippen molar-refractivity contribution in [2.24, 2.45) is 0 Å². The average Bonchev–Trinajstić information content (AvgIpc) is 3.33. The normalized spacial score (nSPS) is 26.0. The number of hydrogen-bond acceptors (Lipinski definition) is 4. The molecule has 0 aromatic rings. The maximum atomic E-state index is 5.21. The third-order valence-corrected chi connectivity index (χ3v) is 4.92. The molecule has 1 saturated carbocycles. The van der Waals surface area contributed by atoms with Gasteiger partial charge in [-0.3, -0.25) is 14.7 Å². The summed E-state index contributed by atoms with van der Waals surface area (Å²) in [7, 11) is 0. The Kier molecular flexibility index (Phi) is 6.93. The van der Waals surface area contributed by atoms with E-state index in [1.807, 2.05) is 0 Å². The molecule has 0 radical (unpaired) electrons. The van der Waals surface area contributed by atoms with Gasteiger partial charge in [0.05, 0.1) is 13.2 Å². The highest BCUT2D eigenvalue weighted by Gasteiger charge is 2.31. The molecule has 2 saturated heterocycles. The Morgan fingerprint density at radius 2 is 1.19 bits per heavy atom. The summed E-state index contributed by atoms with van der Waals surface area (Å²) in [5, 5.41) is 0. The van der Waals surface area contributed by atoms with Gasteiger partial charge in [-0.05, 0) is 40.5 Å². The second kappa shape index (κ2) is 8.47. The van der Waals surface area contributed by atoms with Gasteiger partial charge in [0.25, 0.3) is 0 Å². The third kappa shape index (κ3) is 5.85. The second-order valence-electron chi connectivity index (χ2n) is 7.14. The molecule has 124 valence electrons. The summed E-state index contributed by atoms with van der Waals surface area (Å²) in [5.74, 6) is 0. The topological polar surface area (TPSA) is 19.0 Å². The van der Waals surface area contributed by atoms with Crippen LogP contribution >= 0.6 is 0 Å². The van der Waals surface area contributed by atoms with Crippen molar-refractivity contribution in [2.45, 2.75) is 58.7 Å². The van der Waals surface area contributed by atoms with Crippen molar-refractivity contribution in [3.63, 3.8) is 0 Å². The second-order valence-corrected chi connectivity index (χ2v) is 7.14. The summed E-state index contributed by atoms with van der Waals surface area (Å²) in [4.78, 5) is 7.68. The summed E-state index contributed by atoms with van der Waals surface area (Å²) in [6.07, 6.45) is 2.92. The van der Waals surface area contributed by atoms with Crippen LogP contribution in [0.15, 0.2) is 0 Å². The van der Waals surface area contributed by atoms with Crippen molar-refractivity contribution >= 4 is 0 Å². The van der Waals surface area contributed by atoms with Crippen LogP contribution in [0.4, 0.5) is 0 Å². The Hall–Kier alpha value is -0.160. The molecule has 0 aromatic carbocycles. The Balaban J connectivity index is 0.000000161. The molecule has 4 nitrogen and oxygen atoms in total. The third-order valence-electron chi connectivity index (χ3n) is 4.92. The van der Waals surface area contributed by atoms with E-state index in [0.29, 0.717) is 6.04 Å². The van der Waals surface area contributed by atoms with Gasteiger partial charge in [-0.1, -0.05) is 0 Å². The van der Waals surface area contributed by atoms with Gasteiger partial charge in [0.2, 0.25) is 0 Å². The summed E-state index contributed by atoms with van der Waals surface area (Å²) in [6.45, 7) is 18.3. The van der Waals surface area contributed by atoms with E-state index in [2.05, 4.69) is 42.4 Å². The predicted octanol–water partition coefficient (Wildman–Crippen LogP) is 1.90. The maximum Gasteiger partial charge on any atom is 0.0594 e. The number of nitrogens with zero attached hydrogens (tertiary/aromatic N) is 3. The SMILES string of the molecule is CC(C)N1CCN(C2CC2)CC1.CC(C)N1CCOCC1. The zero-order valence-electron chi connectivity index (χ0n) is 14.6. The minimum Gasteiger partial charge on any atom is -0.379 e. The standard InChI is InChI=1S/C10H20N2.C7H15NO/c1-9(2)11-5-7-12(8-6-11)10-3-4-10;1-7(2)8-3-5-9-6-4-8/h9-10H,3-8H2,1-2H3;7H,3-6H2,1-2H3. The molecule has 0 atom stereocenters. The van der Waals surface area contributed by atoms with Gasteiger partial charge >= 0.3 is 0 Å². The van der Waals surface area contributed by atoms with E-state index >= 15 is 0 Å². The summed E-state index contributed by atoms with van der Waals surface area (Å²) >= 11 is 0. The van der Waals surface area contributed by atoms with E-state index in [0.717, 1.165) is 38.4 Å². The first-order chi connectivity index (χ1) is 10.1. The fourth-order valence-corrected chi connectivity index (χ4v) is 3.15. The molecule has 2 heterocycles. The fourth-order valence-electron chi connectivity index (χ4n) is 3.15. The maximum absolute atomic E-state index is 5.21. The minimum atomic E-state index is 0.689. The van der Waals surface area contributed by atoms with Crippen molar-refractivity contribution in [2.75, 3.05) is 52.5 Å². The van der Waals surface area contributed by atoms with Crippen LogP contribution in [0.2, 0.25) is 0 Å². The predicted molar refractivity (Wildman–Crippen MR) is 88.8 cm³/mol. The van der Waals surface area contributed by atoms with Gasteiger partial charge < -0.3 is 4.74 Å². The van der Waals surface area contributed by atoms with E-state index in [-0.39, 0.29) is 0 Å². The quantitative estimate of drug-likeness (QED) is 0.792. The van der Waals surface area contributed by atoms with Gasteiger partial charge in [0, 0.05) is 57.4 Å². The highest BCUT2D eigenvalue weighted by molar-refractivity contribution is 4.87. The van der Waals surface area contributed by atoms with Crippen LogP contribution in [0.3, 0.4) is 0 Å². The first kappa shape index (κ1) is 17.2. The number of ether oxygens (including phenoxy) is 1. The number of hydrogen-bond donors (Lipinski definition) is 0. The average molecular weight is 297 g/mol. The van der Waals surface area contributed by atoms with Gasteiger partial charge in [-0.15, -0.1) is 0 Å². The van der Waals surface area contributed by atoms with Crippen molar-refractivity contribution in [3.8, 4) is 0 Å². The van der Waals surface area contributed by atoms with Crippen LogP contribution in [-0.2, 0) is 4.74 Å². The van der Waals surface area contributed by atoms with E-state index in [1.54, 1.807) is 0 Å². The minimum absolute atomic E-state index is 0.689. The van der Waals surface area contributed by atoms with E-state index in [4.69, 9.17) is 4.74 Å². The Morgan fingerprint density at radius 1 is 0.714 bits per heavy atom. The lowest BCUT2D eigenvalue weighted by Crippen LogP contribution is -2.49. The van der Waals surface area contributed by atoms with E-state index < -0.39 is 0 Å². The Labute approximate surface area is 131 Å². The molecule has 3 rings (SSSR count). The summed E-state index contributed by atoms with van der Waals surface area (Å²) in [5.41, 5.74) is 0. The van der Waals surface area contributed by atoms with Crippen molar-refractivity contribution in [1.82, 2.24) is 14.7 Å². The van der Waals surface area contributed by atoms with Crippen LogP contribution in [-0.4, -0.2) is 85.3 Å². The molecule has 0 aromatic heterocycles. The van der Waals surface area contributed by atoms with Crippen molar-refractivity contribution < 1.29 is 4.74 Å². The Bertz CT molecular complexity index is 268. The molecule has 0 N–H and O–H groups in total. The van der Waals surface area contributed by atoms with Gasteiger partial charge in [-0.2, -0.15) is 0 Å². The molecule has 1 aliphatic carbocycles. The van der Waals surface area contributed by atoms with Crippen LogP contribution in [0.25, 0.3) is 0 Å². The molecule has 3 fully saturated rings. The number of piperazine rings is 1. The lowest BCUT2D eigenvalue weighted by Gasteiger charge is -2.37. The molecular weight excluding hydrogens is 262 g/mol. The lowest BCUT2D eigenvalue weighted by atomic mass is 10.2. The first-order valence-electron chi connectivity index (χ1n) is 8.88. The van der Waals surface area contributed by atoms with Gasteiger partial charge in [0.1, 0.15) is 0 Å². The van der Waals surface area contributed by atoms with Crippen LogP contribution < -0.4 is 0 Å². The molecule has 2 aliphatic heterocycles. The van der Waals surface area contributed by atoms with E-state index in [9.17, 15) is 0 Å².